The first kappa shape index (κ1) is 19.3. The molecule has 1 heterocycles. The highest BCUT2D eigenvalue weighted by atomic mass is 16.5. The van der Waals surface area contributed by atoms with Crippen LogP contribution in [0, 0.1) is 6.92 Å². The maximum atomic E-state index is 12.5. The average Bonchev–Trinajstić information content (AvgIpc) is 3.16. The van der Waals surface area contributed by atoms with Crippen LogP contribution >= 0.6 is 0 Å². The third-order valence-electron chi connectivity index (χ3n) is 4.82. The molecule has 6 nitrogen and oxygen atoms in total. The maximum Gasteiger partial charge on any atom is 0.255 e. The van der Waals surface area contributed by atoms with Crippen molar-refractivity contribution >= 4 is 17.3 Å². The second-order valence-corrected chi connectivity index (χ2v) is 6.91. The van der Waals surface area contributed by atoms with E-state index in [2.05, 4.69) is 5.32 Å². The minimum absolute atomic E-state index is 0.216. The summed E-state index contributed by atoms with van der Waals surface area (Å²) in [5, 5.41) is 7.57. The lowest BCUT2D eigenvalue weighted by molar-refractivity contribution is 0.102. The van der Waals surface area contributed by atoms with E-state index in [9.17, 15) is 4.79 Å². The lowest BCUT2D eigenvalue weighted by Crippen LogP contribution is -2.12. The van der Waals surface area contributed by atoms with Crippen molar-refractivity contribution in [2.75, 3.05) is 18.2 Å². The summed E-state index contributed by atoms with van der Waals surface area (Å²) < 4.78 is 6.93. The van der Waals surface area contributed by atoms with Crippen LogP contribution in [0.4, 0.5) is 11.4 Å². The summed E-state index contributed by atoms with van der Waals surface area (Å²) >= 11 is 0. The molecule has 0 spiro atoms. The fraction of sp³-hybridized carbons (Fsp3) is 0.0833. The lowest BCUT2D eigenvalue weighted by Gasteiger charge is -2.11. The Morgan fingerprint density at radius 3 is 2.40 bits per heavy atom. The Labute approximate surface area is 174 Å². The number of hydrogen-bond acceptors (Lipinski definition) is 4. The van der Waals surface area contributed by atoms with Gasteiger partial charge in [-0.2, -0.15) is 5.10 Å². The highest BCUT2D eigenvalue weighted by molar-refractivity contribution is 6.04. The van der Waals surface area contributed by atoms with Crippen LogP contribution in [0.25, 0.3) is 16.9 Å². The van der Waals surface area contributed by atoms with Gasteiger partial charge < -0.3 is 15.8 Å². The number of rotatable bonds is 5. The van der Waals surface area contributed by atoms with Crippen LogP contribution in [0.5, 0.6) is 5.75 Å². The molecule has 0 bridgehead atoms. The van der Waals surface area contributed by atoms with Crippen molar-refractivity contribution in [1.29, 1.82) is 0 Å². The number of methoxy groups -OCH3 is 1. The number of aryl methyl sites for hydroxylation is 1. The fourth-order valence-corrected chi connectivity index (χ4v) is 3.24. The zero-order chi connectivity index (χ0) is 21.1. The standard InChI is InChI=1S/C24H22N4O2/c1-16-14-22(17-6-4-3-5-7-17)27-28(16)23-13-10-19(15-21(23)25)26-24(29)18-8-11-20(30-2)12-9-18/h3-15H,25H2,1-2H3,(H,26,29). The van der Waals surface area contributed by atoms with Crippen molar-refractivity contribution in [3.8, 4) is 22.7 Å². The van der Waals surface area contributed by atoms with E-state index in [0.29, 0.717) is 22.7 Å². The average molecular weight is 398 g/mol. The number of benzene rings is 3. The number of anilines is 2. The van der Waals surface area contributed by atoms with E-state index in [1.807, 2.05) is 60.1 Å². The van der Waals surface area contributed by atoms with E-state index in [0.717, 1.165) is 22.6 Å². The van der Waals surface area contributed by atoms with Gasteiger partial charge in [0.25, 0.3) is 5.91 Å². The molecule has 0 saturated heterocycles. The van der Waals surface area contributed by atoms with Gasteiger partial charge in [-0.05, 0) is 55.5 Å². The molecule has 3 N–H and O–H groups in total. The van der Waals surface area contributed by atoms with E-state index < -0.39 is 0 Å². The third-order valence-corrected chi connectivity index (χ3v) is 4.82. The molecule has 4 rings (SSSR count). The number of hydrogen-bond donors (Lipinski definition) is 2. The number of aromatic nitrogens is 2. The summed E-state index contributed by atoms with van der Waals surface area (Å²) in [5.41, 5.74) is 11.6. The minimum atomic E-state index is -0.216. The molecule has 0 unspecified atom stereocenters. The Balaban J connectivity index is 1.56. The van der Waals surface area contributed by atoms with Crippen molar-refractivity contribution in [2.24, 2.45) is 0 Å². The van der Waals surface area contributed by atoms with E-state index in [4.69, 9.17) is 15.6 Å². The summed E-state index contributed by atoms with van der Waals surface area (Å²) in [5.74, 6) is 0.482. The van der Waals surface area contributed by atoms with Crippen LogP contribution in [0.1, 0.15) is 16.1 Å². The number of nitrogens with zero attached hydrogens (tertiary/aromatic N) is 2. The molecular formula is C24H22N4O2. The van der Waals surface area contributed by atoms with Gasteiger partial charge in [0.05, 0.1) is 24.2 Å². The number of nitrogen functional groups attached to an aromatic ring is 1. The Kier molecular flexibility index (Phi) is 5.22. The molecule has 1 amide bonds. The van der Waals surface area contributed by atoms with Gasteiger partial charge in [-0.1, -0.05) is 30.3 Å². The summed E-state index contributed by atoms with van der Waals surface area (Å²) in [6.45, 7) is 1.98. The number of ether oxygens (including phenoxy) is 1. The molecule has 150 valence electrons. The van der Waals surface area contributed by atoms with Gasteiger partial charge in [0.15, 0.2) is 0 Å². The third kappa shape index (κ3) is 3.89. The van der Waals surface area contributed by atoms with Crippen molar-refractivity contribution < 1.29 is 9.53 Å². The molecule has 0 aliphatic heterocycles. The number of nitrogens with two attached hydrogens (primary N) is 1. The Bertz CT molecular complexity index is 1180. The first-order valence-electron chi connectivity index (χ1n) is 9.52. The predicted molar refractivity (Wildman–Crippen MR) is 119 cm³/mol. The number of carbonyl (C=O) groups is 1. The SMILES string of the molecule is COc1ccc(C(=O)Nc2ccc(-n3nc(-c4ccccc4)cc3C)c(N)c2)cc1. The highest BCUT2D eigenvalue weighted by Gasteiger charge is 2.12. The molecule has 0 fully saturated rings. The number of carbonyl (C=O) groups excluding carboxylic acids is 1. The quantitative estimate of drug-likeness (QED) is 0.478. The van der Waals surface area contributed by atoms with E-state index in [-0.39, 0.29) is 5.91 Å². The summed E-state index contributed by atoms with van der Waals surface area (Å²) in [6, 6.07) is 24.3. The predicted octanol–water partition coefficient (Wildman–Crippen LogP) is 4.69. The zero-order valence-corrected chi connectivity index (χ0v) is 16.8. The summed E-state index contributed by atoms with van der Waals surface area (Å²) in [6.07, 6.45) is 0. The molecule has 4 aromatic rings. The van der Waals surface area contributed by atoms with Crippen LogP contribution in [-0.2, 0) is 0 Å². The largest absolute Gasteiger partial charge is 0.497 e. The Morgan fingerprint density at radius 1 is 1.00 bits per heavy atom. The molecule has 0 radical (unpaired) electrons. The van der Waals surface area contributed by atoms with Crippen LogP contribution < -0.4 is 15.8 Å². The summed E-state index contributed by atoms with van der Waals surface area (Å²) in [7, 11) is 1.59. The van der Waals surface area contributed by atoms with Gasteiger partial charge in [0.2, 0.25) is 0 Å². The topological polar surface area (TPSA) is 82.2 Å². The van der Waals surface area contributed by atoms with Gasteiger partial charge in [0.1, 0.15) is 5.75 Å². The first-order valence-corrected chi connectivity index (χ1v) is 9.52. The molecule has 30 heavy (non-hydrogen) atoms. The molecule has 3 aromatic carbocycles. The van der Waals surface area contributed by atoms with E-state index in [1.165, 1.54) is 0 Å². The molecule has 6 heteroatoms. The molecule has 0 saturated carbocycles. The van der Waals surface area contributed by atoms with Gasteiger partial charge in [0, 0.05) is 22.5 Å². The maximum absolute atomic E-state index is 12.5. The molecular weight excluding hydrogens is 376 g/mol. The molecule has 0 atom stereocenters. The Hall–Kier alpha value is -4.06. The number of nitrogens with one attached hydrogen (secondary N) is 1. The van der Waals surface area contributed by atoms with E-state index >= 15 is 0 Å². The van der Waals surface area contributed by atoms with Crippen molar-refractivity contribution in [2.45, 2.75) is 6.92 Å². The Morgan fingerprint density at radius 2 is 1.73 bits per heavy atom. The van der Waals surface area contributed by atoms with Crippen molar-refractivity contribution in [1.82, 2.24) is 9.78 Å². The van der Waals surface area contributed by atoms with Gasteiger partial charge in [-0.3, -0.25) is 4.79 Å². The zero-order valence-electron chi connectivity index (χ0n) is 16.8. The second kappa shape index (κ2) is 8.13. The van der Waals surface area contributed by atoms with Gasteiger partial charge >= 0.3 is 0 Å². The fourth-order valence-electron chi connectivity index (χ4n) is 3.24. The first-order chi connectivity index (χ1) is 14.5. The molecule has 1 aromatic heterocycles. The van der Waals surface area contributed by atoms with Gasteiger partial charge in [-0.25, -0.2) is 4.68 Å². The monoisotopic (exact) mass is 398 g/mol. The highest BCUT2D eigenvalue weighted by Crippen LogP contribution is 2.26. The van der Waals surface area contributed by atoms with Crippen LogP contribution in [0.2, 0.25) is 0 Å². The normalized spacial score (nSPS) is 10.6. The van der Waals surface area contributed by atoms with Crippen molar-refractivity contribution in [3.05, 3.63) is 90.1 Å². The smallest absolute Gasteiger partial charge is 0.255 e. The lowest BCUT2D eigenvalue weighted by atomic mass is 10.1. The van der Waals surface area contributed by atoms with Crippen LogP contribution in [0.3, 0.4) is 0 Å². The molecule has 0 aliphatic rings. The molecule has 0 aliphatic carbocycles. The van der Waals surface area contributed by atoms with Crippen molar-refractivity contribution in [3.63, 3.8) is 0 Å². The van der Waals surface area contributed by atoms with Gasteiger partial charge in [-0.15, -0.1) is 0 Å². The second-order valence-electron chi connectivity index (χ2n) is 6.91. The summed E-state index contributed by atoms with van der Waals surface area (Å²) in [4.78, 5) is 12.5. The minimum Gasteiger partial charge on any atom is -0.497 e. The van der Waals surface area contributed by atoms with E-state index in [1.54, 1.807) is 37.4 Å². The van der Waals surface area contributed by atoms with Crippen LogP contribution in [0.15, 0.2) is 78.9 Å². The van der Waals surface area contributed by atoms with Crippen LogP contribution in [-0.4, -0.2) is 22.8 Å². The number of amides is 1.